The highest BCUT2D eigenvalue weighted by Crippen LogP contribution is 2.31. The maximum Gasteiger partial charge on any atom is 0.338 e. The summed E-state index contributed by atoms with van der Waals surface area (Å²) in [5, 5.41) is 5.11. The van der Waals surface area contributed by atoms with E-state index in [4.69, 9.17) is 27.9 Å². The van der Waals surface area contributed by atoms with Gasteiger partial charge in [0.25, 0.3) is 5.91 Å². The summed E-state index contributed by atoms with van der Waals surface area (Å²) in [4.78, 5) is 28.4. The van der Waals surface area contributed by atoms with Crippen LogP contribution in [0.1, 0.15) is 65.7 Å². The number of amides is 1. The molecule has 2 aromatic carbocycles. The van der Waals surface area contributed by atoms with Gasteiger partial charge in [-0.25, -0.2) is 4.79 Å². The molecule has 1 aliphatic rings. The maximum absolute atomic E-state index is 12.6. The van der Waals surface area contributed by atoms with Crippen LogP contribution in [0.2, 0.25) is 10.0 Å². The number of esters is 1. The Balaban J connectivity index is 1.34. The van der Waals surface area contributed by atoms with Gasteiger partial charge in [0.15, 0.2) is 6.61 Å². The molecule has 3 aromatic rings. The first kappa shape index (κ1) is 23.7. The highest BCUT2D eigenvalue weighted by atomic mass is 35.5. The minimum absolute atomic E-state index is 0.0570. The topological polar surface area (TPSA) is 71.2 Å². The van der Waals surface area contributed by atoms with Crippen molar-refractivity contribution in [2.24, 2.45) is 0 Å². The van der Waals surface area contributed by atoms with Gasteiger partial charge in [0.1, 0.15) is 0 Å². The zero-order valence-electron chi connectivity index (χ0n) is 18.7. The van der Waals surface area contributed by atoms with Crippen molar-refractivity contribution in [2.75, 3.05) is 13.2 Å². The van der Waals surface area contributed by atoms with Crippen LogP contribution >= 0.6 is 23.2 Å². The van der Waals surface area contributed by atoms with Gasteiger partial charge >= 0.3 is 5.97 Å². The number of nitrogens with one attached hydrogen (secondary N) is 2. The van der Waals surface area contributed by atoms with Crippen LogP contribution in [-0.2, 0) is 22.4 Å². The van der Waals surface area contributed by atoms with Gasteiger partial charge in [-0.15, -0.1) is 0 Å². The Labute approximate surface area is 203 Å². The number of hydrogen-bond donors (Lipinski definition) is 2. The number of aromatic amines is 1. The Hall–Kier alpha value is -2.50. The lowest BCUT2D eigenvalue weighted by molar-refractivity contribution is -0.124. The van der Waals surface area contributed by atoms with Crippen LogP contribution in [0, 0.1) is 0 Å². The van der Waals surface area contributed by atoms with E-state index < -0.39 is 5.97 Å². The number of carbonyl (C=O) groups is 2. The van der Waals surface area contributed by atoms with Crippen LogP contribution in [0.4, 0.5) is 0 Å². The normalized spacial score (nSPS) is 14.0. The molecule has 0 fully saturated rings. The Bertz CT molecular complexity index is 1170. The van der Waals surface area contributed by atoms with Crippen molar-refractivity contribution in [2.45, 2.75) is 51.4 Å². The first-order valence-electron chi connectivity index (χ1n) is 11.5. The third kappa shape index (κ3) is 5.53. The van der Waals surface area contributed by atoms with Crippen molar-refractivity contribution in [3.8, 4) is 0 Å². The average Bonchev–Trinajstić information content (AvgIpc) is 3.18. The Morgan fingerprint density at radius 1 is 1.12 bits per heavy atom. The van der Waals surface area contributed by atoms with Gasteiger partial charge in [-0.2, -0.15) is 0 Å². The van der Waals surface area contributed by atoms with E-state index in [9.17, 15) is 9.59 Å². The van der Waals surface area contributed by atoms with Crippen molar-refractivity contribution in [1.29, 1.82) is 0 Å². The zero-order valence-corrected chi connectivity index (χ0v) is 20.2. The summed E-state index contributed by atoms with van der Waals surface area (Å²) in [6.07, 6.45) is 6.22. The molecule has 0 bridgehead atoms. The number of carbonyl (C=O) groups excluding carboxylic acids is 2. The molecule has 5 nitrogen and oxygen atoms in total. The first-order chi connectivity index (χ1) is 16.0. The van der Waals surface area contributed by atoms with Crippen LogP contribution in [0.25, 0.3) is 10.9 Å². The van der Waals surface area contributed by atoms with Crippen molar-refractivity contribution in [1.82, 2.24) is 10.3 Å². The lowest BCUT2D eigenvalue weighted by atomic mass is 9.94. The monoisotopic (exact) mass is 486 g/mol. The number of H-pyrrole nitrogens is 1. The largest absolute Gasteiger partial charge is 0.452 e. The molecule has 1 heterocycles. The Morgan fingerprint density at radius 2 is 1.94 bits per heavy atom. The van der Waals surface area contributed by atoms with Crippen LogP contribution in [-0.4, -0.2) is 30.0 Å². The number of ether oxygens (including phenoxy) is 1. The van der Waals surface area contributed by atoms with Gasteiger partial charge < -0.3 is 15.0 Å². The summed E-state index contributed by atoms with van der Waals surface area (Å²) >= 11 is 12.4. The molecule has 33 heavy (non-hydrogen) atoms. The molecule has 0 saturated heterocycles. The fraction of sp³-hybridized carbons (Fsp3) is 0.385. The number of halogens is 2. The smallest absolute Gasteiger partial charge is 0.338 e. The van der Waals surface area contributed by atoms with E-state index >= 15 is 0 Å². The standard InChI is InChI=1S/C26H28Cl2N2O3/c1-2-5-17(19-10-9-18(27)13-22(19)28)14-29-25(31)15-33-26(32)16-8-11-24-21(12-16)20-6-3-4-7-23(20)30-24/h8-13,17,30H,2-7,14-15H2,1H3,(H,29,31)/t17-/m1/s1. The van der Waals surface area contributed by atoms with Crippen LogP contribution in [0.3, 0.4) is 0 Å². The molecule has 0 unspecified atom stereocenters. The highest BCUT2D eigenvalue weighted by Gasteiger charge is 2.19. The predicted molar refractivity (Wildman–Crippen MR) is 132 cm³/mol. The summed E-state index contributed by atoms with van der Waals surface area (Å²) in [5.41, 5.74) is 5.01. The molecular formula is C26H28Cl2N2O3. The highest BCUT2D eigenvalue weighted by molar-refractivity contribution is 6.35. The third-order valence-corrected chi connectivity index (χ3v) is 6.82. The van der Waals surface area contributed by atoms with Crippen molar-refractivity contribution in [3.05, 3.63) is 68.8 Å². The van der Waals surface area contributed by atoms with Crippen molar-refractivity contribution < 1.29 is 14.3 Å². The van der Waals surface area contributed by atoms with Crippen LogP contribution in [0.15, 0.2) is 36.4 Å². The zero-order chi connectivity index (χ0) is 23.4. The summed E-state index contributed by atoms with van der Waals surface area (Å²) in [6.45, 7) is 2.17. The molecule has 1 aliphatic carbocycles. The average molecular weight is 487 g/mol. The Morgan fingerprint density at radius 3 is 2.73 bits per heavy atom. The van der Waals surface area contributed by atoms with Gasteiger partial charge in [0.2, 0.25) is 0 Å². The minimum atomic E-state index is -0.497. The van der Waals surface area contributed by atoms with Crippen LogP contribution < -0.4 is 5.32 Å². The second kappa shape index (κ2) is 10.6. The van der Waals surface area contributed by atoms with E-state index in [-0.39, 0.29) is 18.4 Å². The minimum Gasteiger partial charge on any atom is -0.452 e. The molecule has 1 atom stereocenters. The number of hydrogen-bond acceptors (Lipinski definition) is 3. The number of aryl methyl sites for hydroxylation is 2. The summed E-state index contributed by atoms with van der Waals surface area (Å²) in [7, 11) is 0. The molecule has 4 rings (SSSR count). The third-order valence-electron chi connectivity index (χ3n) is 6.25. The predicted octanol–water partition coefficient (Wildman–Crippen LogP) is 6.21. The number of aromatic nitrogens is 1. The molecule has 0 radical (unpaired) electrons. The number of rotatable bonds is 8. The molecule has 0 aliphatic heterocycles. The van der Waals surface area contributed by atoms with Gasteiger partial charge in [0.05, 0.1) is 5.56 Å². The fourth-order valence-electron chi connectivity index (χ4n) is 4.58. The van der Waals surface area contributed by atoms with Gasteiger partial charge in [-0.3, -0.25) is 4.79 Å². The molecule has 2 N–H and O–H groups in total. The lowest BCUT2D eigenvalue weighted by Gasteiger charge is -2.19. The molecule has 1 aromatic heterocycles. The van der Waals surface area contributed by atoms with E-state index in [1.807, 2.05) is 18.2 Å². The van der Waals surface area contributed by atoms with Crippen molar-refractivity contribution in [3.63, 3.8) is 0 Å². The van der Waals surface area contributed by atoms with Crippen molar-refractivity contribution >= 4 is 46.0 Å². The van der Waals surface area contributed by atoms with E-state index in [0.29, 0.717) is 22.2 Å². The Kier molecular flexibility index (Phi) is 7.61. The van der Waals surface area contributed by atoms with Gasteiger partial charge in [-0.05, 0) is 73.6 Å². The van der Waals surface area contributed by atoms with E-state index in [1.54, 1.807) is 18.2 Å². The van der Waals surface area contributed by atoms with Gasteiger partial charge in [-0.1, -0.05) is 42.6 Å². The summed E-state index contributed by atoms with van der Waals surface area (Å²) < 4.78 is 5.29. The maximum atomic E-state index is 12.6. The van der Waals surface area contributed by atoms with E-state index in [0.717, 1.165) is 48.6 Å². The molecular weight excluding hydrogens is 459 g/mol. The lowest BCUT2D eigenvalue weighted by Crippen LogP contribution is -2.32. The first-order valence-corrected chi connectivity index (χ1v) is 12.2. The number of fused-ring (bicyclic) bond motifs is 3. The fourth-order valence-corrected chi connectivity index (χ4v) is 5.15. The SMILES string of the molecule is CCC[C@H](CNC(=O)COC(=O)c1ccc2[nH]c3c(c2c1)CCCC3)c1ccc(Cl)cc1Cl. The quantitative estimate of drug-likeness (QED) is 0.371. The van der Waals surface area contributed by atoms with Gasteiger partial charge in [0, 0.05) is 39.1 Å². The summed E-state index contributed by atoms with van der Waals surface area (Å²) in [5.74, 6) is -0.778. The second-order valence-corrected chi connectivity index (χ2v) is 9.42. The molecule has 0 saturated carbocycles. The van der Waals surface area contributed by atoms with E-state index in [2.05, 4.69) is 17.2 Å². The molecule has 174 valence electrons. The van der Waals surface area contributed by atoms with E-state index in [1.165, 1.54) is 17.7 Å². The molecule has 1 amide bonds. The summed E-state index contributed by atoms with van der Waals surface area (Å²) in [6, 6.07) is 10.9. The molecule has 0 spiro atoms. The number of benzene rings is 2. The molecule has 7 heteroatoms. The van der Waals surface area contributed by atoms with Crippen LogP contribution in [0.5, 0.6) is 0 Å². The second-order valence-electron chi connectivity index (χ2n) is 8.58.